The zero-order valence-electron chi connectivity index (χ0n) is 9.11. The predicted octanol–water partition coefficient (Wildman–Crippen LogP) is 3.50. The van der Waals surface area contributed by atoms with E-state index in [9.17, 15) is 0 Å². The van der Waals surface area contributed by atoms with Crippen LogP contribution in [0.3, 0.4) is 0 Å². The molecular weight excluding hydrogens is 348 g/mol. The molecule has 4 nitrogen and oxygen atoms in total. The van der Waals surface area contributed by atoms with Crippen LogP contribution in [-0.4, -0.2) is 21.5 Å². The van der Waals surface area contributed by atoms with Crippen molar-refractivity contribution in [2.24, 2.45) is 0 Å². The molecule has 0 aliphatic rings. The summed E-state index contributed by atoms with van der Waals surface area (Å²) in [5.41, 5.74) is 0.750. The fraction of sp³-hybridized carbons (Fsp3) is 0.182. The normalized spacial score (nSPS) is 10.3. The highest BCUT2D eigenvalue weighted by Crippen LogP contribution is 2.22. The van der Waals surface area contributed by atoms with Crippen LogP contribution in [0.1, 0.15) is 6.92 Å². The molecule has 17 heavy (non-hydrogen) atoms. The van der Waals surface area contributed by atoms with Crippen LogP contribution in [0, 0.1) is 0 Å². The summed E-state index contributed by atoms with van der Waals surface area (Å²) < 4.78 is 1.78. The molecular formula is C11H10Br2N4. The van der Waals surface area contributed by atoms with Gasteiger partial charge in [0, 0.05) is 23.4 Å². The van der Waals surface area contributed by atoms with Crippen LogP contribution < -0.4 is 5.32 Å². The summed E-state index contributed by atoms with van der Waals surface area (Å²) in [6, 6.07) is 3.80. The zero-order chi connectivity index (χ0) is 12.3. The van der Waals surface area contributed by atoms with Crippen LogP contribution in [0.5, 0.6) is 0 Å². The summed E-state index contributed by atoms with van der Waals surface area (Å²) in [4.78, 5) is 12.9. The number of hydrogen-bond donors (Lipinski definition) is 1. The van der Waals surface area contributed by atoms with Crippen molar-refractivity contribution >= 4 is 37.7 Å². The Morgan fingerprint density at radius 1 is 1.18 bits per heavy atom. The Hall–Kier alpha value is -1.01. The number of nitrogens with one attached hydrogen (secondary N) is 1. The molecule has 0 amide bonds. The fourth-order valence-electron chi connectivity index (χ4n) is 1.29. The van der Waals surface area contributed by atoms with Gasteiger partial charge in [-0.15, -0.1) is 0 Å². The number of nitrogens with zero attached hydrogens (tertiary/aromatic N) is 3. The van der Waals surface area contributed by atoms with E-state index in [0.29, 0.717) is 5.82 Å². The maximum Gasteiger partial charge on any atom is 0.180 e. The number of anilines is 1. The molecule has 0 atom stereocenters. The molecule has 2 heterocycles. The molecule has 6 heteroatoms. The maximum atomic E-state index is 4.42. The molecule has 2 rings (SSSR count). The first-order valence-electron chi connectivity index (χ1n) is 5.09. The lowest BCUT2D eigenvalue weighted by Crippen LogP contribution is -2.02. The molecule has 0 aliphatic carbocycles. The van der Waals surface area contributed by atoms with Crippen molar-refractivity contribution in [3.05, 3.63) is 33.5 Å². The molecule has 0 saturated carbocycles. The topological polar surface area (TPSA) is 50.7 Å². The van der Waals surface area contributed by atoms with Crippen LogP contribution in [0.25, 0.3) is 11.5 Å². The highest BCUT2D eigenvalue weighted by molar-refractivity contribution is 9.10. The lowest BCUT2D eigenvalue weighted by atomic mass is 10.3. The van der Waals surface area contributed by atoms with E-state index in [0.717, 1.165) is 27.0 Å². The van der Waals surface area contributed by atoms with Crippen molar-refractivity contribution in [1.29, 1.82) is 0 Å². The van der Waals surface area contributed by atoms with E-state index in [4.69, 9.17) is 0 Å². The summed E-state index contributed by atoms with van der Waals surface area (Å²) in [5.74, 6) is 1.39. The average Bonchev–Trinajstić information content (AvgIpc) is 2.33. The molecule has 0 aliphatic heterocycles. The van der Waals surface area contributed by atoms with Gasteiger partial charge in [-0.3, -0.25) is 4.98 Å². The molecule has 88 valence electrons. The Balaban J connectivity index is 2.39. The number of hydrogen-bond acceptors (Lipinski definition) is 4. The van der Waals surface area contributed by atoms with Crippen LogP contribution in [0.4, 0.5) is 5.82 Å². The van der Waals surface area contributed by atoms with E-state index in [1.807, 2.05) is 19.1 Å². The molecule has 0 radical (unpaired) electrons. The zero-order valence-corrected chi connectivity index (χ0v) is 12.3. The lowest BCUT2D eigenvalue weighted by Gasteiger charge is -2.06. The smallest absolute Gasteiger partial charge is 0.180 e. The van der Waals surface area contributed by atoms with E-state index in [-0.39, 0.29) is 0 Å². The molecule has 0 aromatic carbocycles. The molecule has 0 bridgehead atoms. The third-order valence-corrected chi connectivity index (χ3v) is 3.09. The Labute approximate surface area is 116 Å². The molecule has 0 fully saturated rings. The average molecular weight is 358 g/mol. The van der Waals surface area contributed by atoms with E-state index in [1.54, 1.807) is 12.4 Å². The van der Waals surface area contributed by atoms with Gasteiger partial charge in [0.05, 0.1) is 4.47 Å². The first-order valence-corrected chi connectivity index (χ1v) is 6.67. The third-order valence-electron chi connectivity index (χ3n) is 2.04. The lowest BCUT2D eigenvalue weighted by molar-refractivity contribution is 1.09. The monoisotopic (exact) mass is 356 g/mol. The summed E-state index contributed by atoms with van der Waals surface area (Å²) in [7, 11) is 0. The second kappa shape index (κ2) is 5.55. The molecule has 2 aromatic heterocycles. The number of rotatable bonds is 3. The second-order valence-corrected chi connectivity index (χ2v) is 5.05. The Morgan fingerprint density at radius 2 is 2.00 bits per heavy atom. The van der Waals surface area contributed by atoms with Gasteiger partial charge in [-0.2, -0.15) is 0 Å². The highest BCUT2D eigenvalue weighted by atomic mass is 79.9. The Bertz CT molecular complexity index is 513. The Kier molecular flexibility index (Phi) is 4.06. The fourth-order valence-corrected chi connectivity index (χ4v) is 1.86. The number of aromatic nitrogens is 3. The molecule has 2 aromatic rings. The minimum absolute atomic E-state index is 0.608. The van der Waals surface area contributed by atoms with Gasteiger partial charge in [0.25, 0.3) is 0 Å². The van der Waals surface area contributed by atoms with Gasteiger partial charge in [0.1, 0.15) is 11.5 Å². The second-order valence-electron chi connectivity index (χ2n) is 3.28. The summed E-state index contributed by atoms with van der Waals surface area (Å²) in [5, 5.41) is 3.16. The van der Waals surface area contributed by atoms with Gasteiger partial charge in [0.2, 0.25) is 0 Å². The SMILES string of the molecule is CCNc1nc(-c2ccc(Br)cn2)ncc1Br. The van der Waals surface area contributed by atoms with Gasteiger partial charge in [-0.1, -0.05) is 0 Å². The largest absolute Gasteiger partial charge is 0.369 e. The summed E-state index contributed by atoms with van der Waals surface area (Å²) in [6.07, 6.45) is 3.46. The number of halogens is 2. The third kappa shape index (κ3) is 3.01. The quantitative estimate of drug-likeness (QED) is 0.913. The minimum atomic E-state index is 0.608. The molecule has 0 saturated heterocycles. The van der Waals surface area contributed by atoms with Crippen molar-refractivity contribution in [3.63, 3.8) is 0 Å². The van der Waals surface area contributed by atoms with Crippen LogP contribution >= 0.6 is 31.9 Å². The Morgan fingerprint density at radius 3 is 2.65 bits per heavy atom. The van der Waals surface area contributed by atoms with E-state index < -0.39 is 0 Å². The van der Waals surface area contributed by atoms with Crippen molar-refractivity contribution in [2.75, 3.05) is 11.9 Å². The maximum absolute atomic E-state index is 4.42. The van der Waals surface area contributed by atoms with E-state index in [1.165, 1.54) is 0 Å². The van der Waals surface area contributed by atoms with Crippen molar-refractivity contribution in [1.82, 2.24) is 15.0 Å². The first-order chi connectivity index (χ1) is 8.20. The molecule has 0 spiro atoms. The van der Waals surface area contributed by atoms with Gasteiger partial charge >= 0.3 is 0 Å². The molecule has 0 unspecified atom stereocenters. The summed E-state index contributed by atoms with van der Waals surface area (Å²) >= 11 is 6.75. The van der Waals surface area contributed by atoms with Crippen LogP contribution in [0.2, 0.25) is 0 Å². The minimum Gasteiger partial charge on any atom is -0.369 e. The predicted molar refractivity (Wildman–Crippen MR) is 74.8 cm³/mol. The molecule has 1 N–H and O–H groups in total. The van der Waals surface area contributed by atoms with Gasteiger partial charge in [-0.25, -0.2) is 9.97 Å². The van der Waals surface area contributed by atoms with Gasteiger partial charge in [0.15, 0.2) is 5.82 Å². The highest BCUT2D eigenvalue weighted by Gasteiger charge is 2.07. The van der Waals surface area contributed by atoms with Crippen molar-refractivity contribution < 1.29 is 0 Å². The summed E-state index contributed by atoms with van der Waals surface area (Å²) in [6.45, 7) is 2.83. The first kappa shape index (κ1) is 12.4. The van der Waals surface area contributed by atoms with Gasteiger partial charge in [-0.05, 0) is 50.9 Å². The van der Waals surface area contributed by atoms with Crippen LogP contribution in [-0.2, 0) is 0 Å². The standard InChI is InChI=1S/C11H10Br2N4/c1-2-14-10-8(13)6-16-11(17-10)9-4-3-7(12)5-15-9/h3-6H,2H2,1H3,(H,14,16,17). The van der Waals surface area contributed by atoms with Crippen molar-refractivity contribution in [2.45, 2.75) is 6.92 Å². The number of pyridine rings is 1. The van der Waals surface area contributed by atoms with E-state index in [2.05, 4.69) is 52.1 Å². The van der Waals surface area contributed by atoms with E-state index >= 15 is 0 Å². The van der Waals surface area contributed by atoms with Crippen LogP contribution in [0.15, 0.2) is 33.5 Å². The van der Waals surface area contributed by atoms with Crippen molar-refractivity contribution in [3.8, 4) is 11.5 Å². The van der Waals surface area contributed by atoms with Gasteiger partial charge < -0.3 is 5.32 Å².